The second-order valence-corrected chi connectivity index (χ2v) is 5.02. The molecule has 2 rings (SSSR count). The van der Waals surface area contributed by atoms with E-state index in [2.05, 4.69) is 17.3 Å². The number of thiocarbonyl (C=S) groups is 1. The predicted molar refractivity (Wildman–Crippen MR) is 62.1 cm³/mol. The number of piperidine rings is 2. The van der Waals surface area contributed by atoms with Crippen LogP contribution in [0.3, 0.4) is 0 Å². The van der Waals surface area contributed by atoms with Crippen LogP contribution in [0.15, 0.2) is 0 Å². The average molecular weight is 213 g/mol. The van der Waals surface area contributed by atoms with Crippen LogP contribution in [-0.2, 0) is 0 Å². The normalized spacial score (nSPS) is 37.9. The molecule has 4 heteroatoms. The highest BCUT2D eigenvalue weighted by molar-refractivity contribution is 7.80. The van der Waals surface area contributed by atoms with Crippen molar-refractivity contribution in [2.45, 2.75) is 50.2 Å². The van der Waals surface area contributed by atoms with Crippen LogP contribution in [0.2, 0.25) is 0 Å². The molecule has 0 saturated carbocycles. The number of fused-ring (bicyclic) bond motifs is 2. The summed E-state index contributed by atoms with van der Waals surface area (Å²) < 4.78 is 0. The maximum absolute atomic E-state index is 5.52. The van der Waals surface area contributed by atoms with E-state index < -0.39 is 0 Å². The Morgan fingerprint density at radius 2 is 1.93 bits per heavy atom. The highest BCUT2D eigenvalue weighted by Crippen LogP contribution is 2.32. The van der Waals surface area contributed by atoms with Gasteiger partial charge in [0.1, 0.15) is 0 Å². The lowest BCUT2D eigenvalue weighted by molar-refractivity contribution is 0.0529. The molecule has 0 aromatic heterocycles. The lowest BCUT2D eigenvalue weighted by atomic mass is 9.82. The third kappa shape index (κ3) is 2.01. The fourth-order valence-corrected chi connectivity index (χ4v) is 3.10. The zero-order valence-electron chi connectivity index (χ0n) is 8.70. The van der Waals surface area contributed by atoms with Crippen molar-refractivity contribution in [2.24, 2.45) is 5.73 Å². The van der Waals surface area contributed by atoms with Crippen LogP contribution in [0.5, 0.6) is 0 Å². The summed E-state index contributed by atoms with van der Waals surface area (Å²) in [6, 6.07) is 2.00. The number of nitrogens with one attached hydrogen (secondary N) is 1. The Kier molecular flexibility index (Phi) is 2.93. The molecule has 2 bridgehead atoms. The van der Waals surface area contributed by atoms with Crippen LogP contribution in [0.4, 0.5) is 0 Å². The van der Waals surface area contributed by atoms with Gasteiger partial charge < -0.3 is 16.0 Å². The van der Waals surface area contributed by atoms with Gasteiger partial charge in [-0.2, -0.15) is 0 Å². The number of hydrogen-bond donors (Lipinski definition) is 2. The summed E-state index contributed by atoms with van der Waals surface area (Å²) in [5.74, 6) is 0. The molecule has 80 valence electrons. The molecule has 2 saturated heterocycles. The number of nitrogens with zero attached hydrogens (tertiary/aromatic N) is 1. The van der Waals surface area contributed by atoms with Gasteiger partial charge in [0.25, 0.3) is 0 Å². The molecule has 0 aromatic rings. The van der Waals surface area contributed by atoms with Crippen molar-refractivity contribution in [1.29, 1.82) is 0 Å². The van der Waals surface area contributed by atoms with Gasteiger partial charge >= 0.3 is 0 Å². The maximum atomic E-state index is 5.52. The minimum atomic E-state index is 0.456. The lowest BCUT2D eigenvalue weighted by Gasteiger charge is -2.47. The molecule has 2 fully saturated rings. The Hall–Kier alpha value is -0.350. The Morgan fingerprint density at radius 1 is 1.36 bits per heavy atom. The van der Waals surface area contributed by atoms with Gasteiger partial charge in [-0.3, -0.25) is 0 Å². The van der Waals surface area contributed by atoms with E-state index in [0.29, 0.717) is 11.2 Å². The van der Waals surface area contributed by atoms with Crippen molar-refractivity contribution >= 4 is 17.3 Å². The molecule has 2 heterocycles. The maximum Gasteiger partial charge on any atom is 0.163 e. The van der Waals surface area contributed by atoms with E-state index in [4.69, 9.17) is 18.0 Å². The van der Waals surface area contributed by atoms with Gasteiger partial charge in [0.2, 0.25) is 0 Å². The predicted octanol–water partition coefficient (Wildman–Crippen LogP) is 0.835. The molecule has 0 amide bonds. The van der Waals surface area contributed by atoms with Crippen LogP contribution in [0.25, 0.3) is 0 Å². The van der Waals surface area contributed by atoms with Gasteiger partial charge in [-0.05, 0) is 44.9 Å². The van der Waals surface area contributed by atoms with E-state index in [1.54, 1.807) is 0 Å². The van der Waals surface area contributed by atoms with Crippen molar-refractivity contribution in [2.75, 3.05) is 7.05 Å². The molecule has 0 spiro atoms. The zero-order valence-corrected chi connectivity index (χ0v) is 9.52. The third-order valence-corrected chi connectivity index (χ3v) is 3.80. The number of nitrogens with two attached hydrogens (primary N) is 1. The number of hydrogen-bond acceptors (Lipinski definition) is 2. The van der Waals surface area contributed by atoms with Gasteiger partial charge in [-0.25, -0.2) is 0 Å². The fraction of sp³-hybridized carbons (Fsp3) is 0.900. The summed E-state index contributed by atoms with van der Waals surface area (Å²) in [7, 11) is 2.26. The summed E-state index contributed by atoms with van der Waals surface area (Å²) in [6.07, 6.45) is 6.46. The summed E-state index contributed by atoms with van der Waals surface area (Å²) in [5.41, 5.74) is 5.52. The zero-order chi connectivity index (χ0) is 10.1. The summed E-state index contributed by atoms with van der Waals surface area (Å²) >= 11 is 4.89. The van der Waals surface area contributed by atoms with E-state index in [9.17, 15) is 0 Å². The smallest absolute Gasteiger partial charge is 0.163 e. The van der Waals surface area contributed by atoms with E-state index in [1.165, 1.54) is 32.1 Å². The molecule has 3 N–H and O–H groups in total. The van der Waals surface area contributed by atoms with E-state index >= 15 is 0 Å². The van der Waals surface area contributed by atoms with Crippen molar-refractivity contribution in [3.05, 3.63) is 0 Å². The molecule has 2 atom stereocenters. The largest absolute Gasteiger partial charge is 0.376 e. The van der Waals surface area contributed by atoms with Crippen LogP contribution in [-0.4, -0.2) is 35.2 Å². The minimum absolute atomic E-state index is 0.456. The molecular formula is C10H19N3S. The van der Waals surface area contributed by atoms with Gasteiger partial charge in [-0.1, -0.05) is 6.42 Å². The van der Waals surface area contributed by atoms with Crippen LogP contribution >= 0.6 is 12.2 Å². The third-order valence-electron chi connectivity index (χ3n) is 3.69. The first kappa shape index (κ1) is 10.2. The van der Waals surface area contributed by atoms with E-state index in [-0.39, 0.29) is 0 Å². The molecular weight excluding hydrogens is 194 g/mol. The molecule has 2 aliphatic heterocycles. The first-order valence-electron chi connectivity index (χ1n) is 5.44. The molecule has 0 radical (unpaired) electrons. The first-order chi connectivity index (χ1) is 6.66. The second-order valence-electron chi connectivity index (χ2n) is 4.58. The molecule has 0 aromatic carbocycles. The standard InChI is InChI=1S/C10H19N3S/c1-13-8-3-2-4-9(13)6-7(5-8)12-10(11)14/h7-9H,2-6H2,1H3,(H3,11,12,14). The van der Waals surface area contributed by atoms with Gasteiger partial charge in [-0.15, -0.1) is 0 Å². The van der Waals surface area contributed by atoms with Crippen LogP contribution in [0.1, 0.15) is 32.1 Å². The van der Waals surface area contributed by atoms with Crippen molar-refractivity contribution in [1.82, 2.24) is 10.2 Å². The summed E-state index contributed by atoms with van der Waals surface area (Å²) in [6.45, 7) is 0. The second kappa shape index (κ2) is 4.03. The Balaban J connectivity index is 1.97. The monoisotopic (exact) mass is 213 g/mol. The summed E-state index contributed by atoms with van der Waals surface area (Å²) in [5, 5.41) is 3.67. The van der Waals surface area contributed by atoms with Crippen molar-refractivity contribution in [3.63, 3.8) is 0 Å². The van der Waals surface area contributed by atoms with E-state index in [1.807, 2.05) is 0 Å². The SMILES string of the molecule is CN1C2CCCC1CC(NC(N)=S)C2. The average Bonchev–Trinajstić information content (AvgIpc) is 2.05. The Morgan fingerprint density at radius 3 is 2.43 bits per heavy atom. The first-order valence-corrected chi connectivity index (χ1v) is 5.85. The molecule has 3 nitrogen and oxygen atoms in total. The van der Waals surface area contributed by atoms with Gasteiger partial charge in [0.15, 0.2) is 5.11 Å². The van der Waals surface area contributed by atoms with Gasteiger partial charge in [0.05, 0.1) is 0 Å². The quantitative estimate of drug-likeness (QED) is 0.633. The lowest BCUT2D eigenvalue weighted by Crippen LogP contribution is -2.55. The highest BCUT2D eigenvalue weighted by atomic mass is 32.1. The highest BCUT2D eigenvalue weighted by Gasteiger charge is 2.35. The Bertz CT molecular complexity index is 217. The molecule has 14 heavy (non-hydrogen) atoms. The van der Waals surface area contributed by atoms with Crippen LogP contribution in [0, 0.1) is 0 Å². The summed E-state index contributed by atoms with van der Waals surface area (Å²) in [4.78, 5) is 2.54. The van der Waals surface area contributed by atoms with E-state index in [0.717, 1.165) is 12.1 Å². The number of rotatable bonds is 1. The van der Waals surface area contributed by atoms with Crippen LogP contribution < -0.4 is 11.1 Å². The fourth-order valence-electron chi connectivity index (χ4n) is 2.93. The van der Waals surface area contributed by atoms with Crippen molar-refractivity contribution in [3.8, 4) is 0 Å². The topological polar surface area (TPSA) is 41.3 Å². The Labute approximate surface area is 91.0 Å². The molecule has 0 aliphatic carbocycles. The van der Waals surface area contributed by atoms with Crippen molar-refractivity contribution < 1.29 is 0 Å². The molecule has 2 aliphatic rings. The van der Waals surface area contributed by atoms with Gasteiger partial charge in [0, 0.05) is 18.1 Å². The molecule has 2 unspecified atom stereocenters. The minimum Gasteiger partial charge on any atom is -0.376 e.